The maximum atomic E-state index is 15.0. The van der Waals surface area contributed by atoms with Crippen LogP contribution in [0.2, 0.25) is 0 Å². The third-order valence-corrected chi connectivity index (χ3v) is 7.12. The van der Waals surface area contributed by atoms with Crippen molar-refractivity contribution in [2.75, 3.05) is 24.3 Å². The van der Waals surface area contributed by atoms with E-state index in [9.17, 15) is 13.4 Å². The Hall–Kier alpha value is -3.46. The molecule has 0 aromatic carbocycles. The van der Waals surface area contributed by atoms with Gasteiger partial charge in [0.1, 0.15) is 47.1 Å². The highest BCUT2D eigenvalue weighted by molar-refractivity contribution is 7.74. The molecule has 0 bridgehead atoms. The van der Waals surface area contributed by atoms with Gasteiger partial charge >= 0.3 is 0 Å². The van der Waals surface area contributed by atoms with Gasteiger partial charge in [-0.15, -0.1) is 0 Å². The molecule has 9 nitrogen and oxygen atoms in total. The van der Waals surface area contributed by atoms with Crippen molar-refractivity contribution < 1.29 is 17.8 Å². The Kier molecular flexibility index (Phi) is 7.80. The minimum Gasteiger partial charge on any atom is -0.387 e. The predicted octanol–water partition coefficient (Wildman–Crippen LogP) is 3.05. The van der Waals surface area contributed by atoms with Crippen molar-refractivity contribution in [3.63, 3.8) is 0 Å². The van der Waals surface area contributed by atoms with Crippen LogP contribution in [0.3, 0.4) is 0 Å². The topological polar surface area (TPSA) is 146 Å². The maximum Gasteiger partial charge on any atom is 0.275 e. The average Bonchev–Trinajstić information content (AvgIpc) is 2.81. The summed E-state index contributed by atoms with van der Waals surface area (Å²) in [4.78, 5) is 25.3. The summed E-state index contributed by atoms with van der Waals surface area (Å²) in [6.07, 6.45) is 2.45. The Morgan fingerprint density at radius 1 is 1.37 bits per heavy atom. The van der Waals surface area contributed by atoms with Crippen molar-refractivity contribution in [3.05, 3.63) is 52.7 Å². The van der Waals surface area contributed by atoms with Gasteiger partial charge in [0.25, 0.3) is 5.91 Å². The number of amidine groups is 1. The molecule has 0 spiro atoms. The van der Waals surface area contributed by atoms with E-state index in [1.54, 1.807) is 6.92 Å². The highest BCUT2D eigenvalue weighted by Gasteiger charge is 2.40. The molecule has 3 rings (SSSR count). The fourth-order valence-electron chi connectivity index (χ4n) is 3.67. The van der Waals surface area contributed by atoms with E-state index in [-0.39, 0.29) is 17.3 Å². The summed E-state index contributed by atoms with van der Waals surface area (Å²) in [5.74, 6) is -1.95. The van der Waals surface area contributed by atoms with Crippen LogP contribution < -0.4 is 11.1 Å². The minimum absolute atomic E-state index is 0.0430. The third kappa shape index (κ3) is 5.79. The van der Waals surface area contributed by atoms with Gasteiger partial charge in [-0.1, -0.05) is 13.8 Å². The lowest BCUT2D eigenvalue weighted by Crippen LogP contribution is -2.41. The Morgan fingerprint density at radius 2 is 2.11 bits per heavy atom. The number of hydrogen-bond donors (Lipinski definition) is 3. The fraction of sp³-hybridized carbons (Fsp3) is 0.435. The van der Waals surface area contributed by atoms with E-state index in [1.165, 1.54) is 18.3 Å². The molecule has 1 amide bonds. The summed E-state index contributed by atoms with van der Waals surface area (Å²) in [5, 5.41) is 11.5. The van der Waals surface area contributed by atoms with E-state index >= 15 is 4.39 Å². The molecule has 1 aliphatic heterocycles. The monoisotopic (exact) mass is 503 g/mol. The first-order valence-corrected chi connectivity index (χ1v) is 12.3. The van der Waals surface area contributed by atoms with E-state index in [0.29, 0.717) is 30.5 Å². The van der Waals surface area contributed by atoms with Crippen molar-refractivity contribution in [1.29, 1.82) is 5.26 Å². The number of amides is 1. The van der Waals surface area contributed by atoms with E-state index in [0.717, 1.165) is 6.07 Å². The molecular formula is C23H27F2N7O2S. The number of rotatable bonds is 4. The molecule has 0 radical (unpaired) electrons. The van der Waals surface area contributed by atoms with Gasteiger partial charge in [-0.3, -0.25) is 14.0 Å². The number of nitrogens with one attached hydrogen (secondary N) is 1. The zero-order valence-electron chi connectivity index (χ0n) is 19.7. The molecular weight excluding hydrogens is 476 g/mol. The standard InChI is InChI=1S/C23H27F2N7O2S/c1-14-9-15(10-26)11-28-18(14)20(33)31-17-6-5-16(25)19(30-17)23(12-24)13-35(34)29-8-4-7-22(2,3)21(27)32-23/h5-6,9,11,35H,4,7-8,12-13H2,1-3H3,(H2,27,32)(H,30,31,33)/t23-/m0/s1. The van der Waals surface area contributed by atoms with Gasteiger partial charge in [0.05, 0.1) is 11.3 Å². The van der Waals surface area contributed by atoms with Gasteiger partial charge in [-0.05, 0) is 43.5 Å². The molecule has 0 fully saturated rings. The second-order valence-electron chi connectivity index (χ2n) is 9.01. The van der Waals surface area contributed by atoms with Crippen LogP contribution in [0.4, 0.5) is 14.6 Å². The number of nitrogens with zero attached hydrogens (tertiary/aromatic N) is 5. The first-order chi connectivity index (χ1) is 16.5. The second kappa shape index (κ2) is 10.4. The number of aliphatic imine (C=N–C) groups is 1. The van der Waals surface area contributed by atoms with E-state index < -0.39 is 51.4 Å². The van der Waals surface area contributed by atoms with Crippen LogP contribution in [0.25, 0.3) is 0 Å². The summed E-state index contributed by atoms with van der Waals surface area (Å²) in [5.41, 5.74) is 3.98. The number of halogens is 2. The van der Waals surface area contributed by atoms with Gasteiger partial charge in [-0.2, -0.15) is 5.26 Å². The maximum absolute atomic E-state index is 15.0. The SMILES string of the molecule is Cc1cc(C#N)cnc1C(=O)Nc1ccc(F)c([C@]2(CF)C/[SH](=O)=N/CCCC(C)(C)/C(N)=N\2)n1. The molecule has 2 aromatic heterocycles. The zero-order chi connectivity index (χ0) is 25.8. The highest BCUT2D eigenvalue weighted by Crippen LogP contribution is 2.33. The van der Waals surface area contributed by atoms with Crippen molar-refractivity contribution in [1.82, 2.24) is 9.97 Å². The van der Waals surface area contributed by atoms with Gasteiger partial charge in [0.2, 0.25) is 0 Å². The fourth-order valence-corrected chi connectivity index (χ4v) is 4.89. The summed E-state index contributed by atoms with van der Waals surface area (Å²) < 4.78 is 46.4. The zero-order valence-corrected chi connectivity index (χ0v) is 20.6. The van der Waals surface area contributed by atoms with Crippen molar-refractivity contribution in [2.45, 2.75) is 39.2 Å². The van der Waals surface area contributed by atoms with Gasteiger partial charge in [0, 0.05) is 28.8 Å². The van der Waals surface area contributed by atoms with Crippen LogP contribution in [0.15, 0.2) is 33.8 Å². The van der Waals surface area contributed by atoms with Gasteiger partial charge < -0.3 is 11.1 Å². The lowest BCUT2D eigenvalue weighted by atomic mass is 9.85. The molecule has 186 valence electrons. The number of nitriles is 1. The number of aryl methyl sites for hydroxylation is 1. The summed E-state index contributed by atoms with van der Waals surface area (Å²) >= 11 is 0. The third-order valence-electron chi connectivity index (χ3n) is 5.81. The second-order valence-corrected chi connectivity index (χ2v) is 10.3. The number of anilines is 1. The molecule has 3 heterocycles. The summed E-state index contributed by atoms with van der Waals surface area (Å²) in [7, 11) is -2.27. The lowest BCUT2D eigenvalue weighted by Gasteiger charge is -2.31. The first-order valence-electron chi connectivity index (χ1n) is 10.9. The largest absolute Gasteiger partial charge is 0.387 e. The predicted molar refractivity (Wildman–Crippen MR) is 130 cm³/mol. The Morgan fingerprint density at radius 3 is 2.77 bits per heavy atom. The van der Waals surface area contributed by atoms with E-state index in [4.69, 9.17) is 11.0 Å². The number of thiol groups is 1. The number of aromatic nitrogens is 2. The van der Waals surface area contributed by atoms with Crippen molar-refractivity contribution in [2.24, 2.45) is 20.5 Å². The molecule has 0 saturated carbocycles. The molecule has 0 saturated heterocycles. The molecule has 1 aliphatic rings. The van der Waals surface area contributed by atoms with Crippen LogP contribution in [0.1, 0.15) is 54.0 Å². The molecule has 12 heteroatoms. The lowest BCUT2D eigenvalue weighted by molar-refractivity contribution is 0.102. The normalized spacial score (nSPS) is 24.2. The number of alkyl halides is 1. The van der Waals surface area contributed by atoms with Crippen molar-refractivity contribution >= 4 is 28.2 Å². The van der Waals surface area contributed by atoms with Gasteiger partial charge in [-0.25, -0.2) is 23.1 Å². The average molecular weight is 504 g/mol. The number of nitrogens with two attached hydrogens (primary N) is 1. The minimum atomic E-state index is -2.27. The number of pyridine rings is 2. The Bertz CT molecular complexity index is 1300. The van der Waals surface area contributed by atoms with E-state index in [1.807, 2.05) is 19.9 Å². The van der Waals surface area contributed by atoms with Crippen molar-refractivity contribution in [3.8, 4) is 6.07 Å². The Labute approximate surface area is 204 Å². The molecule has 0 aliphatic carbocycles. The van der Waals surface area contributed by atoms with Crippen LogP contribution in [-0.2, 0) is 16.1 Å². The van der Waals surface area contributed by atoms with E-state index in [2.05, 4.69) is 24.6 Å². The van der Waals surface area contributed by atoms with Gasteiger partial charge in [0.15, 0.2) is 0 Å². The molecule has 35 heavy (non-hydrogen) atoms. The first kappa shape index (κ1) is 26.2. The number of hydrogen-bond acceptors (Lipinski definition) is 8. The van der Waals surface area contributed by atoms with Crippen LogP contribution in [0, 0.1) is 29.5 Å². The molecule has 3 N–H and O–H groups in total. The number of carbonyl (C=O) groups excluding carboxylic acids is 1. The molecule has 1 unspecified atom stereocenters. The summed E-state index contributed by atoms with van der Waals surface area (Å²) in [6.45, 7) is 4.37. The van der Waals surface area contributed by atoms with Crippen LogP contribution >= 0.6 is 0 Å². The van der Waals surface area contributed by atoms with Crippen LogP contribution in [-0.4, -0.2) is 44.9 Å². The molecule has 2 aromatic rings. The Balaban J connectivity index is 2.07. The smallest absolute Gasteiger partial charge is 0.275 e. The molecule has 2 atom stereocenters. The quantitative estimate of drug-likeness (QED) is 0.547. The summed E-state index contributed by atoms with van der Waals surface area (Å²) in [6, 6.07) is 5.67. The van der Waals surface area contributed by atoms with Crippen LogP contribution in [0.5, 0.6) is 0 Å². The number of carbonyl (C=O) groups is 1. The highest BCUT2D eigenvalue weighted by atomic mass is 32.2.